The Bertz CT molecular complexity index is 589. The molecule has 0 bridgehead atoms. The fourth-order valence-electron chi connectivity index (χ4n) is 1.58. The van der Waals surface area contributed by atoms with Gasteiger partial charge in [0.15, 0.2) is 0 Å². The Balaban J connectivity index is 2.31. The molecule has 0 saturated heterocycles. The van der Waals surface area contributed by atoms with E-state index in [1.54, 1.807) is 12.1 Å². The van der Waals surface area contributed by atoms with Gasteiger partial charge in [-0.15, -0.1) is 0 Å². The van der Waals surface area contributed by atoms with E-state index in [1.807, 2.05) is 0 Å². The van der Waals surface area contributed by atoms with Gasteiger partial charge in [-0.2, -0.15) is 0 Å². The first-order valence-electron chi connectivity index (χ1n) is 5.78. The van der Waals surface area contributed by atoms with Crippen molar-refractivity contribution in [2.75, 3.05) is 6.54 Å². The summed E-state index contributed by atoms with van der Waals surface area (Å²) in [5.41, 5.74) is 0.448. The summed E-state index contributed by atoms with van der Waals surface area (Å²) >= 11 is 0. The van der Waals surface area contributed by atoms with E-state index in [0.29, 0.717) is 0 Å². The van der Waals surface area contributed by atoms with E-state index in [9.17, 15) is 14.4 Å². The van der Waals surface area contributed by atoms with E-state index in [4.69, 9.17) is 7.85 Å². The monoisotopic (exact) mass is 235 g/mol. The van der Waals surface area contributed by atoms with E-state index < -0.39 is 36.4 Å². The molecule has 17 heavy (non-hydrogen) atoms. The summed E-state index contributed by atoms with van der Waals surface area (Å²) in [7, 11) is 0. The number of aliphatic carboxylic acids is 1. The van der Waals surface area contributed by atoms with Gasteiger partial charge in [0.1, 0.15) is 0 Å². The van der Waals surface area contributed by atoms with Crippen molar-refractivity contribution < 1.29 is 22.2 Å². The van der Waals surface area contributed by atoms with Gasteiger partial charge in [-0.3, -0.25) is 14.5 Å². The molecule has 5 heteroatoms. The topological polar surface area (TPSA) is 74.7 Å². The fourth-order valence-corrected chi connectivity index (χ4v) is 1.58. The van der Waals surface area contributed by atoms with Crippen LogP contribution in [0.3, 0.4) is 0 Å². The molecule has 0 radical (unpaired) electrons. The molecule has 0 aliphatic carbocycles. The Morgan fingerprint density at radius 2 is 1.82 bits per heavy atom. The van der Waals surface area contributed by atoms with Crippen LogP contribution in [0, 0.1) is 0 Å². The minimum atomic E-state index is -1.57. The van der Waals surface area contributed by atoms with Gasteiger partial charge >= 0.3 is 5.97 Å². The largest absolute Gasteiger partial charge is 0.478 e. The zero-order valence-electron chi connectivity index (χ0n) is 10.6. The van der Waals surface area contributed by atoms with Crippen molar-refractivity contribution >= 4 is 17.8 Å². The molecule has 1 heterocycles. The number of hydrogen-bond acceptors (Lipinski definition) is 3. The van der Waals surface area contributed by atoms with Crippen LogP contribution in [0.4, 0.5) is 0 Å². The number of fused-ring (bicyclic) bond motifs is 1. The predicted octanol–water partition coefficient (Wildman–Crippen LogP) is 0.923. The van der Waals surface area contributed by atoms with Crippen molar-refractivity contribution in [3.63, 3.8) is 0 Å². The highest BCUT2D eigenvalue weighted by Gasteiger charge is 2.33. The molecule has 2 rings (SSSR count). The first-order valence-corrected chi connectivity index (χ1v) is 4.78. The maximum atomic E-state index is 11.9. The molecular weight excluding hydrogens is 222 g/mol. The summed E-state index contributed by atoms with van der Waals surface area (Å²) in [5.74, 6) is -2.73. The number of hydrogen-bond donors (Lipinski definition) is 1. The van der Waals surface area contributed by atoms with Gasteiger partial charge in [0.05, 0.1) is 13.9 Å². The fraction of sp³-hybridized carbons (Fsp3) is 0.0833. The van der Waals surface area contributed by atoms with Crippen molar-refractivity contribution in [2.24, 2.45) is 0 Å². The third-order valence-electron chi connectivity index (χ3n) is 2.31. The summed E-state index contributed by atoms with van der Waals surface area (Å²) in [5, 5.41) is 8.58. The zero-order valence-corrected chi connectivity index (χ0v) is 8.64. The minimum Gasteiger partial charge on any atom is -0.478 e. The van der Waals surface area contributed by atoms with Crippen molar-refractivity contribution in [3.8, 4) is 0 Å². The van der Waals surface area contributed by atoms with Crippen molar-refractivity contribution in [1.82, 2.24) is 4.90 Å². The van der Waals surface area contributed by atoms with E-state index >= 15 is 0 Å². The number of rotatable bonds is 3. The molecular formula is C12H9NO4. The SMILES string of the molecule is [3H]/C(CN1C(=O)c2ccccc2C1=O)=C(\[3H])C(=O)O. The quantitative estimate of drug-likeness (QED) is 0.624. The average molecular weight is 235 g/mol. The van der Waals surface area contributed by atoms with Crippen molar-refractivity contribution in [1.29, 1.82) is 0 Å². The van der Waals surface area contributed by atoms with Gasteiger partial charge in [0.25, 0.3) is 11.8 Å². The molecule has 0 aromatic heterocycles. The molecule has 1 N–H and O–H groups in total. The number of carboxylic acid groups (broad SMARTS) is 1. The van der Waals surface area contributed by atoms with Gasteiger partial charge in [0.2, 0.25) is 0 Å². The molecule has 2 amide bonds. The van der Waals surface area contributed by atoms with Crippen molar-refractivity contribution in [3.05, 3.63) is 47.5 Å². The Morgan fingerprint density at radius 3 is 2.29 bits per heavy atom. The van der Waals surface area contributed by atoms with E-state index in [2.05, 4.69) is 0 Å². The molecule has 0 spiro atoms. The molecule has 1 aromatic rings. The molecule has 5 nitrogen and oxygen atoms in total. The summed E-state index contributed by atoms with van der Waals surface area (Å²) in [6.07, 6.45) is 0. The number of nitrogens with zero attached hydrogens (tertiary/aromatic N) is 1. The van der Waals surface area contributed by atoms with Crippen LogP contribution in [0.15, 0.2) is 36.4 Å². The Morgan fingerprint density at radius 1 is 1.29 bits per heavy atom. The highest BCUT2D eigenvalue weighted by molar-refractivity contribution is 6.21. The summed E-state index contributed by atoms with van der Waals surface area (Å²) in [6.45, 7) is -0.516. The second kappa shape index (κ2) is 4.21. The normalized spacial score (nSPS) is 17.3. The van der Waals surface area contributed by atoms with Crippen LogP contribution in [0.2, 0.25) is 0 Å². The van der Waals surface area contributed by atoms with E-state index in [-0.39, 0.29) is 11.1 Å². The second-order valence-electron chi connectivity index (χ2n) is 3.35. The van der Waals surface area contributed by atoms with E-state index in [0.717, 1.165) is 4.90 Å². The molecule has 0 atom stereocenters. The van der Waals surface area contributed by atoms with Crippen LogP contribution in [0.5, 0.6) is 0 Å². The summed E-state index contributed by atoms with van der Waals surface area (Å²) < 4.78 is 14.6. The van der Waals surface area contributed by atoms with Crippen molar-refractivity contribution in [2.45, 2.75) is 0 Å². The van der Waals surface area contributed by atoms with Gasteiger partial charge in [-0.25, -0.2) is 4.79 Å². The third kappa shape index (κ3) is 1.94. The number of amides is 2. The van der Waals surface area contributed by atoms with Crippen LogP contribution >= 0.6 is 0 Å². The molecule has 0 fully saturated rings. The highest BCUT2D eigenvalue weighted by atomic mass is 16.4. The molecule has 1 aliphatic heterocycles. The van der Waals surface area contributed by atoms with Gasteiger partial charge in [-0.05, 0) is 12.1 Å². The van der Waals surface area contributed by atoms with Gasteiger partial charge < -0.3 is 5.11 Å². The lowest BCUT2D eigenvalue weighted by molar-refractivity contribution is -0.131. The van der Waals surface area contributed by atoms with Crippen LogP contribution < -0.4 is 0 Å². The Labute approximate surface area is 99.8 Å². The lowest BCUT2D eigenvalue weighted by Crippen LogP contribution is -2.29. The van der Waals surface area contributed by atoms with Crippen LogP contribution in [0.25, 0.3) is 0 Å². The summed E-state index contributed by atoms with van der Waals surface area (Å²) in [6, 6.07) is 4.66. The molecule has 0 unspecified atom stereocenters. The summed E-state index contributed by atoms with van der Waals surface area (Å²) in [4.78, 5) is 35.2. The number of carbonyl (C=O) groups is 3. The lowest BCUT2D eigenvalue weighted by atomic mass is 10.1. The molecule has 0 saturated carbocycles. The first-order chi connectivity index (χ1) is 8.93. The number of benzene rings is 1. The van der Waals surface area contributed by atoms with Gasteiger partial charge in [0, 0.05) is 12.6 Å². The lowest BCUT2D eigenvalue weighted by Gasteiger charge is -2.09. The molecule has 1 aromatic carbocycles. The maximum Gasteiger partial charge on any atom is 0.328 e. The number of imide groups is 1. The average Bonchev–Trinajstić information content (AvgIpc) is 2.63. The Hall–Kier alpha value is -2.43. The van der Waals surface area contributed by atoms with Gasteiger partial charge in [-0.1, -0.05) is 18.2 Å². The smallest absolute Gasteiger partial charge is 0.328 e. The predicted molar refractivity (Wildman–Crippen MR) is 58.6 cm³/mol. The second-order valence-corrected chi connectivity index (χ2v) is 3.35. The molecule has 1 aliphatic rings. The maximum absolute atomic E-state index is 11.9. The number of carboxylic acids is 1. The van der Waals surface area contributed by atoms with E-state index in [1.165, 1.54) is 12.1 Å². The zero-order chi connectivity index (χ0) is 14.2. The van der Waals surface area contributed by atoms with Crippen LogP contribution in [-0.2, 0) is 4.79 Å². The standard InChI is InChI=1S/C12H9NO4/c14-10(15)6-3-7-13-11(16)8-4-1-2-5-9(8)12(13)17/h1-6H,7H2,(H,14,15)/b6-3-/i3T,6T. The Kier molecular flexibility index (Phi) is 2.15. The third-order valence-corrected chi connectivity index (χ3v) is 2.31. The molecule has 86 valence electrons. The highest BCUT2D eigenvalue weighted by Crippen LogP contribution is 2.21. The minimum absolute atomic E-state index is 0.224. The first kappa shape index (κ1) is 8.69. The number of carbonyl (C=O) groups excluding carboxylic acids is 2. The van der Waals surface area contributed by atoms with Crippen LogP contribution in [0.1, 0.15) is 23.5 Å². The van der Waals surface area contributed by atoms with Crippen LogP contribution in [-0.4, -0.2) is 34.3 Å².